The molecule has 0 unspecified atom stereocenters. The van der Waals surface area contributed by atoms with Crippen LogP contribution in [0.25, 0.3) is 0 Å². The number of rotatable bonds is 1. The maximum absolute atomic E-state index is 5.83. The second kappa shape index (κ2) is 2.35. The summed E-state index contributed by atoms with van der Waals surface area (Å²) >= 11 is 0. The van der Waals surface area contributed by atoms with Crippen LogP contribution in [-0.4, -0.2) is 15.9 Å². The fourth-order valence-electron chi connectivity index (χ4n) is 2.59. The molecule has 2 heterocycles. The molecule has 1 saturated carbocycles. The highest BCUT2D eigenvalue weighted by Crippen LogP contribution is 2.54. The molecule has 2 fully saturated rings. The molecule has 70 valence electrons. The normalized spacial score (nSPS) is 37.2. The van der Waals surface area contributed by atoms with Crippen LogP contribution in [-0.2, 0) is 17.4 Å². The highest BCUT2D eigenvalue weighted by atomic mass is 16.6. The van der Waals surface area contributed by atoms with Gasteiger partial charge < -0.3 is 4.74 Å². The molecule has 3 rings (SSSR count). The third kappa shape index (κ3) is 0.908. The predicted molar refractivity (Wildman–Crippen MR) is 48.2 cm³/mol. The Bertz CT molecular complexity index is 333. The van der Waals surface area contributed by atoms with Crippen LogP contribution in [0.5, 0.6) is 0 Å². The number of hydrogen-bond donors (Lipinski definition) is 0. The largest absolute Gasteiger partial charge is 0.359 e. The van der Waals surface area contributed by atoms with Gasteiger partial charge in [0.15, 0.2) is 0 Å². The first-order valence-corrected chi connectivity index (χ1v) is 4.99. The zero-order valence-electron chi connectivity index (χ0n) is 7.86. The molecule has 0 radical (unpaired) electrons. The third-order valence-electron chi connectivity index (χ3n) is 3.33. The Labute approximate surface area is 77.7 Å². The first-order chi connectivity index (χ1) is 6.33. The van der Waals surface area contributed by atoms with Crippen molar-refractivity contribution in [3.63, 3.8) is 0 Å². The van der Waals surface area contributed by atoms with E-state index >= 15 is 0 Å². The van der Waals surface area contributed by atoms with Crippen molar-refractivity contribution in [2.24, 2.45) is 7.05 Å². The van der Waals surface area contributed by atoms with Crippen molar-refractivity contribution in [1.82, 2.24) is 9.78 Å². The van der Waals surface area contributed by atoms with Crippen LogP contribution >= 0.6 is 0 Å². The second-order valence-corrected chi connectivity index (χ2v) is 4.08. The van der Waals surface area contributed by atoms with Crippen molar-refractivity contribution in [3.05, 3.63) is 18.0 Å². The Hall–Kier alpha value is -0.830. The summed E-state index contributed by atoms with van der Waals surface area (Å²) in [6.07, 6.45) is 7.36. The highest BCUT2D eigenvalue weighted by molar-refractivity contribution is 5.23. The lowest BCUT2D eigenvalue weighted by Crippen LogP contribution is -2.20. The van der Waals surface area contributed by atoms with E-state index in [1.807, 2.05) is 17.9 Å². The molecular formula is C10H14N2O. The topological polar surface area (TPSA) is 30.4 Å². The molecule has 0 amide bonds. The van der Waals surface area contributed by atoms with Gasteiger partial charge in [-0.05, 0) is 25.3 Å². The predicted octanol–water partition coefficient (Wildman–Crippen LogP) is 1.59. The number of fused-ring (bicyclic) bond motifs is 1. The lowest BCUT2D eigenvalue weighted by atomic mass is 9.87. The van der Waals surface area contributed by atoms with Crippen molar-refractivity contribution >= 4 is 0 Å². The van der Waals surface area contributed by atoms with E-state index in [2.05, 4.69) is 11.2 Å². The number of hydrogen-bond acceptors (Lipinski definition) is 2. The monoisotopic (exact) mass is 178 g/mol. The molecule has 1 aliphatic heterocycles. The molecule has 0 aromatic carbocycles. The van der Waals surface area contributed by atoms with E-state index in [0.717, 1.165) is 0 Å². The average molecular weight is 178 g/mol. The van der Waals surface area contributed by atoms with Gasteiger partial charge in [0.2, 0.25) is 0 Å². The van der Waals surface area contributed by atoms with E-state index in [-0.39, 0.29) is 5.60 Å². The van der Waals surface area contributed by atoms with Crippen LogP contribution in [0.4, 0.5) is 0 Å². The molecule has 3 heteroatoms. The number of epoxide rings is 1. The van der Waals surface area contributed by atoms with Gasteiger partial charge in [-0.3, -0.25) is 4.68 Å². The number of nitrogens with zero attached hydrogens (tertiary/aromatic N) is 2. The van der Waals surface area contributed by atoms with Crippen LogP contribution in [0.3, 0.4) is 0 Å². The van der Waals surface area contributed by atoms with Crippen molar-refractivity contribution in [2.45, 2.75) is 37.4 Å². The summed E-state index contributed by atoms with van der Waals surface area (Å²) in [5, 5.41) is 4.20. The SMILES string of the molecule is Cn1nccc1[C@@]12CCCC[C@@H]1O2. The second-order valence-electron chi connectivity index (χ2n) is 4.08. The summed E-state index contributed by atoms with van der Waals surface area (Å²) in [6, 6.07) is 2.09. The standard InChI is InChI=1S/C10H14N2O/c1-12-8(5-7-11-12)10-6-3-2-4-9(10)13-10/h5,7,9H,2-4,6H2,1H3/t9-,10-/m0/s1. The molecule has 0 bridgehead atoms. The van der Waals surface area contributed by atoms with Gasteiger partial charge in [-0.2, -0.15) is 5.10 Å². The number of aromatic nitrogens is 2. The van der Waals surface area contributed by atoms with Gasteiger partial charge in [0.1, 0.15) is 5.60 Å². The van der Waals surface area contributed by atoms with Crippen LogP contribution in [0.1, 0.15) is 31.4 Å². The Morgan fingerprint density at radius 3 is 3.23 bits per heavy atom. The molecule has 2 aliphatic rings. The Balaban J connectivity index is 1.97. The minimum Gasteiger partial charge on any atom is -0.359 e. The highest BCUT2D eigenvalue weighted by Gasteiger charge is 2.59. The van der Waals surface area contributed by atoms with E-state index in [1.165, 1.54) is 31.4 Å². The summed E-state index contributed by atoms with van der Waals surface area (Å²) in [5.41, 5.74) is 1.32. The van der Waals surface area contributed by atoms with Crippen LogP contribution in [0, 0.1) is 0 Å². The Morgan fingerprint density at radius 2 is 2.54 bits per heavy atom. The molecule has 0 N–H and O–H groups in total. The maximum Gasteiger partial charge on any atom is 0.136 e. The molecule has 1 aromatic heterocycles. The smallest absolute Gasteiger partial charge is 0.136 e. The maximum atomic E-state index is 5.83. The first-order valence-electron chi connectivity index (χ1n) is 4.99. The molecule has 1 aliphatic carbocycles. The van der Waals surface area contributed by atoms with Crippen molar-refractivity contribution in [3.8, 4) is 0 Å². The van der Waals surface area contributed by atoms with Gasteiger partial charge in [-0.15, -0.1) is 0 Å². The fourth-order valence-corrected chi connectivity index (χ4v) is 2.59. The fraction of sp³-hybridized carbons (Fsp3) is 0.700. The summed E-state index contributed by atoms with van der Waals surface area (Å²) in [7, 11) is 2.00. The van der Waals surface area contributed by atoms with Gasteiger partial charge in [0, 0.05) is 13.2 Å². The van der Waals surface area contributed by atoms with Gasteiger partial charge in [-0.25, -0.2) is 0 Å². The van der Waals surface area contributed by atoms with E-state index in [0.29, 0.717) is 6.10 Å². The minimum atomic E-state index is 0.0590. The quantitative estimate of drug-likeness (QED) is 0.611. The van der Waals surface area contributed by atoms with Crippen LogP contribution in [0.2, 0.25) is 0 Å². The Morgan fingerprint density at radius 1 is 1.62 bits per heavy atom. The lowest BCUT2D eigenvalue weighted by molar-refractivity contribution is 0.277. The first kappa shape index (κ1) is 7.56. The molecular weight excluding hydrogens is 164 g/mol. The van der Waals surface area contributed by atoms with Gasteiger partial charge in [-0.1, -0.05) is 6.42 Å². The molecule has 2 atom stereocenters. The van der Waals surface area contributed by atoms with Crippen molar-refractivity contribution in [2.75, 3.05) is 0 Å². The summed E-state index contributed by atoms with van der Waals surface area (Å²) in [4.78, 5) is 0. The van der Waals surface area contributed by atoms with E-state index in [4.69, 9.17) is 4.74 Å². The molecule has 1 aromatic rings. The van der Waals surface area contributed by atoms with Gasteiger partial charge in [0.05, 0.1) is 11.8 Å². The molecule has 3 nitrogen and oxygen atoms in total. The van der Waals surface area contributed by atoms with E-state index in [1.54, 1.807) is 0 Å². The number of ether oxygens (including phenoxy) is 1. The summed E-state index contributed by atoms with van der Waals surface area (Å²) < 4.78 is 7.78. The van der Waals surface area contributed by atoms with Crippen molar-refractivity contribution < 1.29 is 4.74 Å². The zero-order valence-corrected chi connectivity index (χ0v) is 7.86. The molecule has 13 heavy (non-hydrogen) atoms. The average Bonchev–Trinajstić information content (AvgIpc) is 2.74. The lowest BCUT2D eigenvalue weighted by Gasteiger charge is -2.16. The minimum absolute atomic E-state index is 0.0590. The number of aryl methyl sites for hydroxylation is 1. The van der Waals surface area contributed by atoms with Gasteiger partial charge in [0.25, 0.3) is 0 Å². The third-order valence-corrected chi connectivity index (χ3v) is 3.33. The zero-order chi connectivity index (χ0) is 8.89. The van der Waals surface area contributed by atoms with E-state index in [9.17, 15) is 0 Å². The Kier molecular flexibility index (Phi) is 1.37. The van der Waals surface area contributed by atoms with Crippen LogP contribution < -0.4 is 0 Å². The van der Waals surface area contributed by atoms with Gasteiger partial charge >= 0.3 is 0 Å². The van der Waals surface area contributed by atoms with Crippen LogP contribution in [0.15, 0.2) is 12.3 Å². The van der Waals surface area contributed by atoms with Crippen molar-refractivity contribution in [1.29, 1.82) is 0 Å². The molecule has 0 spiro atoms. The molecule has 1 saturated heterocycles. The summed E-state index contributed by atoms with van der Waals surface area (Å²) in [5.74, 6) is 0. The summed E-state index contributed by atoms with van der Waals surface area (Å²) in [6.45, 7) is 0. The van der Waals surface area contributed by atoms with E-state index < -0.39 is 0 Å².